The zero-order valence-electron chi connectivity index (χ0n) is 17.0. The first-order chi connectivity index (χ1) is 13.9. The van der Waals surface area contributed by atoms with E-state index in [0.29, 0.717) is 5.56 Å². The summed E-state index contributed by atoms with van der Waals surface area (Å²) in [6, 6.07) is 18.5. The van der Waals surface area contributed by atoms with E-state index in [9.17, 15) is 9.13 Å². The van der Waals surface area contributed by atoms with Crippen LogP contribution in [-0.2, 0) is 32.6 Å². The highest BCUT2D eigenvalue weighted by Gasteiger charge is 2.66. The maximum Gasteiger partial charge on any atom is 0.367 e. The van der Waals surface area contributed by atoms with Crippen molar-refractivity contribution in [1.29, 1.82) is 0 Å². The van der Waals surface area contributed by atoms with Crippen molar-refractivity contribution in [3.8, 4) is 0 Å². The first kappa shape index (κ1) is 22.4. The molecule has 158 valence electrons. The summed E-state index contributed by atoms with van der Waals surface area (Å²) in [5.74, 6) is 0. The summed E-state index contributed by atoms with van der Waals surface area (Å²) < 4.78 is 51.3. The van der Waals surface area contributed by atoms with Crippen LogP contribution in [0.2, 0.25) is 0 Å². The van der Waals surface area contributed by atoms with Crippen LogP contribution in [0.4, 0.5) is 0 Å². The van der Waals surface area contributed by atoms with E-state index in [2.05, 4.69) is 0 Å². The molecule has 2 aromatic rings. The fourth-order valence-corrected chi connectivity index (χ4v) is 9.00. The molecule has 0 radical (unpaired) electrons. The van der Waals surface area contributed by atoms with Gasteiger partial charge in [-0.05, 0) is 31.9 Å². The van der Waals surface area contributed by atoms with Gasteiger partial charge in [-0.15, -0.1) is 0 Å². The zero-order chi connectivity index (χ0) is 21.0. The van der Waals surface area contributed by atoms with Gasteiger partial charge in [-0.3, -0.25) is 13.7 Å². The highest BCUT2D eigenvalue weighted by molar-refractivity contribution is 7.59. The molecule has 1 aliphatic heterocycles. The SMILES string of the molecule is CCOP1(=O)OC(c2ccccc2)(P(=O)(OCC)OCC)CC1c1ccccc1. The van der Waals surface area contributed by atoms with Crippen LogP contribution in [-0.4, -0.2) is 19.8 Å². The highest BCUT2D eigenvalue weighted by Crippen LogP contribution is 2.82. The molecular weight excluding hydrogens is 410 g/mol. The largest absolute Gasteiger partial charge is 0.367 e. The molecule has 0 aromatic heterocycles. The van der Waals surface area contributed by atoms with Crippen LogP contribution in [0, 0.1) is 0 Å². The van der Waals surface area contributed by atoms with Crippen LogP contribution in [0.15, 0.2) is 60.7 Å². The molecule has 0 amide bonds. The molecule has 3 unspecified atom stereocenters. The summed E-state index contributed by atoms with van der Waals surface area (Å²) in [6.45, 7) is 5.80. The molecule has 29 heavy (non-hydrogen) atoms. The van der Waals surface area contributed by atoms with Gasteiger partial charge in [0.05, 0.1) is 25.5 Å². The average molecular weight is 438 g/mol. The van der Waals surface area contributed by atoms with Gasteiger partial charge in [-0.1, -0.05) is 60.7 Å². The molecule has 1 saturated heterocycles. The molecule has 0 N–H and O–H groups in total. The Bertz CT molecular complexity index is 879. The van der Waals surface area contributed by atoms with E-state index < -0.39 is 26.2 Å². The van der Waals surface area contributed by atoms with Gasteiger partial charge in [0.2, 0.25) is 5.34 Å². The fraction of sp³-hybridized carbons (Fsp3) is 0.429. The fourth-order valence-electron chi connectivity index (χ4n) is 3.73. The van der Waals surface area contributed by atoms with Crippen LogP contribution in [0.1, 0.15) is 44.0 Å². The molecule has 2 aromatic carbocycles. The van der Waals surface area contributed by atoms with Crippen molar-refractivity contribution in [1.82, 2.24) is 0 Å². The average Bonchev–Trinajstić information content (AvgIpc) is 3.05. The third-order valence-electron chi connectivity index (χ3n) is 4.89. The molecule has 1 heterocycles. The van der Waals surface area contributed by atoms with Crippen molar-refractivity contribution < 1.29 is 27.2 Å². The summed E-state index contributed by atoms with van der Waals surface area (Å²) in [4.78, 5) is 0. The van der Waals surface area contributed by atoms with Crippen LogP contribution < -0.4 is 0 Å². The van der Waals surface area contributed by atoms with Gasteiger partial charge in [0.1, 0.15) is 0 Å². The minimum atomic E-state index is -3.86. The van der Waals surface area contributed by atoms with Gasteiger partial charge in [0.25, 0.3) is 0 Å². The van der Waals surface area contributed by atoms with Crippen LogP contribution in [0.25, 0.3) is 0 Å². The predicted molar refractivity (Wildman–Crippen MR) is 113 cm³/mol. The molecule has 0 spiro atoms. The molecule has 1 fully saturated rings. The Morgan fingerprint density at radius 1 is 0.966 bits per heavy atom. The molecule has 3 atom stereocenters. The predicted octanol–water partition coefficient (Wildman–Crippen LogP) is 6.50. The van der Waals surface area contributed by atoms with Crippen molar-refractivity contribution in [2.75, 3.05) is 19.8 Å². The Labute approximate surface area is 172 Å². The minimum absolute atomic E-state index is 0.162. The maximum absolute atomic E-state index is 14.1. The van der Waals surface area contributed by atoms with E-state index in [-0.39, 0.29) is 26.2 Å². The molecule has 1 aliphatic rings. The normalized spacial score (nSPS) is 27.2. The van der Waals surface area contributed by atoms with E-state index in [0.717, 1.165) is 5.56 Å². The van der Waals surface area contributed by atoms with Crippen molar-refractivity contribution >= 4 is 15.2 Å². The van der Waals surface area contributed by atoms with Gasteiger partial charge in [-0.25, -0.2) is 0 Å². The number of hydrogen-bond donors (Lipinski definition) is 0. The lowest BCUT2D eigenvalue weighted by atomic mass is 10.0. The molecule has 0 bridgehead atoms. The lowest BCUT2D eigenvalue weighted by Crippen LogP contribution is -2.27. The van der Waals surface area contributed by atoms with E-state index >= 15 is 0 Å². The smallest absolute Gasteiger partial charge is 0.308 e. The maximum atomic E-state index is 14.1. The Morgan fingerprint density at radius 3 is 2.03 bits per heavy atom. The Hall–Kier alpha value is -1.26. The van der Waals surface area contributed by atoms with Crippen molar-refractivity contribution in [3.05, 3.63) is 71.8 Å². The third kappa shape index (κ3) is 4.16. The first-order valence-electron chi connectivity index (χ1n) is 9.89. The monoisotopic (exact) mass is 438 g/mol. The van der Waals surface area contributed by atoms with Crippen molar-refractivity contribution in [2.45, 2.75) is 38.2 Å². The Morgan fingerprint density at radius 2 is 1.52 bits per heavy atom. The standard InChI is InChI=1S/C21H28O6P2/c1-4-24-28(22)20(18-13-9-7-10-14-18)17-21(27-28,19-15-11-8-12-16-19)29(23,25-5-2)26-6-3/h7-16,20H,4-6,17H2,1-3H3. The molecular formula is C21H28O6P2. The second-order valence-corrected chi connectivity index (χ2v) is 11.0. The van der Waals surface area contributed by atoms with Crippen LogP contribution >= 0.6 is 15.2 Å². The number of hydrogen-bond acceptors (Lipinski definition) is 6. The van der Waals surface area contributed by atoms with Crippen LogP contribution in [0.3, 0.4) is 0 Å². The zero-order valence-corrected chi connectivity index (χ0v) is 18.8. The quantitative estimate of drug-likeness (QED) is 0.417. The van der Waals surface area contributed by atoms with Crippen LogP contribution in [0.5, 0.6) is 0 Å². The van der Waals surface area contributed by atoms with E-state index in [4.69, 9.17) is 18.1 Å². The Balaban J connectivity index is 2.21. The Kier molecular flexibility index (Phi) is 7.16. The van der Waals surface area contributed by atoms with Gasteiger partial charge in [-0.2, -0.15) is 0 Å². The molecule has 3 rings (SSSR count). The molecule has 8 heteroatoms. The van der Waals surface area contributed by atoms with Crippen molar-refractivity contribution in [2.24, 2.45) is 0 Å². The first-order valence-corrected chi connectivity index (χ1v) is 13.0. The lowest BCUT2D eigenvalue weighted by molar-refractivity contribution is 0.0873. The van der Waals surface area contributed by atoms with E-state index in [1.807, 2.05) is 48.5 Å². The van der Waals surface area contributed by atoms with Gasteiger partial charge in [0.15, 0.2) is 0 Å². The van der Waals surface area contributed by atoms with Gasteiger partial charge >= 0.3 is 15.2 Å². The number of benzene rings is 2. The second-order valence-electron chi connectivity index (χ2n) is 6.66. The molecule has 6 nitrogen and oxygen atoms in total. The van der Waals surface area contributed by atoms with Gasteiger partial charge < -0.3 is 13.6 Å². The summed E-state index contributed by atoms with van der Waals surface area (Å²) >= 11 is 0. The lowest BCUT2D eigenvalue weighted by Gasteiger charge is -2.35. The van der Waals surface area contributed by atoms with E-state index in [1.165, 1.54) is 0 Å². The summed E-state index contributed by atoms with van der Waals surface area (Å²) in [5.41, 5.74) is 0.823. The highest BCUT2D eigenvalue weighted by atomic mass is 31.2. The van der Waals surface area contributed by atoms with Gasteiger partial charge in [0, 0.05) is 6.42 Å². The third-order valence-corrected chi connectivity index (χ3v) is 10.1. The minimum Gasteiger partial charge on any atom is -0.308 e. The number of rotatable bonds is 9. The summed E-state index contributed by atoms with van der Waals surface area (Å²) in [7, 11) is -7.52. The summed E-state index contributed by atoms with van der Waals surface area (Å²) in [6.07, 6.45) is 0.162. The molecule has 0 saturated carbocycles. The van der Waals surface area contributed by atoms with Crippen molar-refractivity contribution in [3.63, 3.8) is 0 Å². The summed E-state index contributed by atoms with van der Waals surface area (Å²) in [5, 5.41) is -1.52. The second kappa shape index (κ2) is 9.26. The molecule has 0 aliphatic carbocycles. The topological polar surface area (TPSA) is 71.1 Å². The van der Waals surface area contributed by atoms with E-state index in [1.54, 1.807) is 32.9 Å².